The average Bonchev–Trinajstić information content (AvgIpc) is 2.66. The third-order valence-corrected chi connectivity index (χ3v) is 5.84. The molecule has 2 rings (SSSR count). The fourth-order valence-electron chi connectivity index (χ4n) is 2.81. The van der Waals surface area contributed by atoms with Crippen molar-refractivity contribution in [1.82, 2.24) is 10.0 Å². The van der Waals surface area contributed by atoms with Crippen molar-refractivity contribution in [1.29, 1.82) is 0 Å². The van der Waals surface area contributed by atoms with Gasteiger partial charge in [-0.1, -0.05) is 50.2 Å². The largest absolute Gasteiger partial charge is 0.416 e. The third kappa shape index (κ3) is 6.57. The maximum Gasteiger partial charge on any atom is 0.416 e. The highest BCUT2D eigenvalue weighted by molar-refractivity contribution is 7.89. The lowest BCUT2D eigenvalue weighted by atomic mass is 9.88. The molecule has 2 aromatic rings. The molecule has 1 atom stereocenters. The van der Waals surface area contributed by atoms with Gasteiger partial charge in [-0.2, -0.15) is 13.2 Å². The summed E-state index contributed by atoms with van der Waals surface area (Å²) in [6.07, 6.45) is -4.66. The van der Waals surface area contributed by atoms with E-state index in [4.69, 9.17) is 0 Å². The SMILES string of the molecule is CC(C)C(CNC(=O)CNS(=O)(=O)c1cccc(C(F)(F)F)c1)c1ccccc1. The Morgan fingerprint density at radius 3 is 2.28 bits per heavy atom. The number of hydrogen-bond donors (Lipinski definition) is 2. The number of sulfonamides is 1. The molecule has 1 unspecified atom stereocenters. The first-order chi connectivity index (χ1) is 13.5. The second-order valence-electron chi connectivity index (χ2n) is 6.92. The first-order valence-electron chi connectivity index (χ1n) is 8.99. The monoisotopic (exact) mass is 428 g/mol. The summed E-state index contributed by atoms with van der Waals surface area (Å²) in [5.74, 6) is -0.290. The number of nitrogens with one attached hydrogen (secondary N) is 2. The van der Waals surface area contributed by atoms with E-state index in [9.17, 15) is 26.4 Å². The van der Waals surface area contributed by atoms with Crippen LogP contribution in [0.5, 0.6) is 0 Å². The molecule has 0 spiro atoms. The van der Waals surface area contributed by atoms with Crippen LogP contribution in [0.25, 0.3) is 0 Å². The summed E-state index contributed by atoms with van der Waals surface area (Å²) in [6, 6.07) is 12.9. The van der Waals surface area contributed by atoms with Crippen molar-refractivity contribution in [3.05, 3.63) is 65.7 Å². The van der Waals surface area contributed by atoms with E-state index in [1.807, 2.05) is 48.9 Å². The van der Waals surface area contributed by atoms with E-state index >= 15 is 0 Å². The number of halogens is 3. The molecule has 0 saturated carbocycles. The lowest BCUT2D eigenvalue weighted by Gasteiger charge is -2.22. The van der Waals surface area contributed by atoms with Crippen molar-refractivity contribution in [2.45, 2.75) is 30.8 Å². The van der Waals surface area contributed by atoms with Crippen LogP contribution in [0.4, 0.5) is 13.2 Å². The van der Waals surface area contributed by atoms with Gasteiger partial charge in [0.2, 0.25) is 15.9 Å². The Labute approximate surface area is 168 Å². The molecule has 2 aromatic carbocycles. The van der Waals surface area contributed by atoms with Crippen LogP contribution in [0, 0.1) is 5.92 Å². The van der Waals surface area contributed by atoms with E-state index < -0.39 is 39.1 Å². The second kappa shape index (κ2) is 9.41. The van der Waals surface area contributed by atoms with Crippen LogP contribution in [-0.4, -0.2) is 27.4 Å². The van der Waals surface area contributed by atoms with Crippen molar-refractivity contribution in [2.75, 3.05) is 13.1 Å². The van der Waals surface area contributed by atoms with Gasteiger partial charge in [0.05, 0.1) is 17.0 Å². The number of benzene rings is 2. The Hall–Kier alpha value is -2.39. The van der Waals surface area contributed by atoms with Crippen LogP contribution in [-0.2, 0) is 21.0 Å². The molecule has 158 valence electrons. The zero-order chi connectivity index (χ0) is 21.7. The van der Waals surface area contributed by atoms with E-state index in [0.717, 1.165) is 23.8 Å². The van der Waals surface area contributed by atoms with Crippen LogP contribution in [0.2, 0.25) is 0 Å². The Kier molecular flexibility index (Phi) is 7.43. The quantitative estimate of drug-likeness (QED) is 0.675. The molecule has 0 bridgehead atoms. The van der Waals surface area contributed by atoms with Crippen LogP contribution < -0.4 is 10.0 Å². The molecule has 5 nitrogen and oxygen atoms in total. The smallest absolute Gasteiger partial charge is 0.354 e. The fourth-order valence-corrected chi connectivity index (χ4v) is 3.84. The zero-order valence-corrected chi connectivity index (χ0v) is 16.8. The molecule has 0 radical (unpaired) electrons. The van der Waals surface area contributed by atoms with E-state index in [1.54, 1.807) is 0 Å². The number of rotatable bonds is 8. The molecule has 0 aliphatic heterocycles. The number of carbonyl (C=O) groups is 1. The first kappa shape index (κ1) is 22.9. The van der Waals surface area contributed by atoms with Crippen molar-refractivity contribution < 1.29 is 26.4 Å². The van der Waals surface area contributed by atoms with Gasteiger partial charge in [0, 0.05) is 12.5 Å². The predicted octanol–water partition coefficient (Wildman–Crippen LogP) is 3.54. The van der Waals surface area contributed by atoms with Crippen molar-refractivity contribution >= 4 is 15.9 Å². The van der Waals surface area contributed by atoms with E-state index in [-0.39, 0.29) is 11.8 Å². The van der Waals surface area contributed by atoms with Gasteiger partial charge in [0.1, 0.15) is 0 Å². The molecule has 9 heteroatoms. The van der Waals surface area contributed by atoms with Gasteiger partial charge in [0.15, 0.2) is 0 Å². The predicted molar refractivity (Wildman–Crippen MR) is 104 cm³/mol. The highest BCUT2D eigenvalue weighted by Gasteiger charge is 2.31. The van der Waals surface area contributed by atoms with Gasteiger partial charge in [-0.25, -0.2) is 13.1 Å². The van der Waals surface area contributed by atoms with Gasteiger partial charge in [-0.05, 0) is 29.7 Å². The Balaban J connectivity index is 1.97. The number of amides is 1. The lowest BCUT2D eigenvalue weighted by molar-refractivity contribution is -0.137. The van der Waals surface area contributed by atoms with E-state index in [2.05, 4.69) is 5.32 Å². The van der Waals surface area contributed by atoms with Crippen molar-refractivity contribution in [2.24, 2.45) is 5.92 Å². The summed E-state index contributed by atoms with van der Waals surface area (Å²) in [6.45, 7) is 3.77. The van der Waals surface area contributed by atoms with Crippen LogP contribution in [0.1, 0.15) is 30.9 Å². The van der Waals surface area contributed by atoms with Gasteiger partial charge >= 0.3 is 6.18 Å². The first-order valence-corrected chi connectivity index (χ1v) is 10.5. The summed E-state index contributed by atoms with van der Waals surface area (Å²) >= 11 is 0. The van der Waals surface area contributed by atoms with E-state index in [1.165, 1.54) is 0 Å². The Morgan fingerprint density at radius 2 is 1.69 bits per heavy atom. The molecule has 29 heavy (non-hydrogen) atoms. The van der Waals surface area contributed by atoms with Gasteiger partial charge < -0.3 is 5.32 Å². The molecule has 0 aromatic heterocycles. The van der Waals surface area contributed by atoms with Crippen molar-refractivity contribution in [3.8, 4) is 0 Å². The Morgan fingerprint density at radius 1 is 1.03 bits per heavy atom. The molecular weight excluding hydrogens is 405 g/mol. The minimum absolute atomic E-state index is 0.0419. The molecule has 0 saturated heterocycles. The molecule has 2 N–H and O–H groups in total. The summed E-state index contributed by atoms with van der Waals surface area (Å²) in [4.78, 5) is 11.5. The molecule has 0 aliphatic carbocycles. The lowest BCUT2D eigenvalue weighted by Crippen LogP contribution is -2.39. The van der Waals surface area contributed by atoms with E-state index in [0.29, 0.717) is 12.6 Å². The molecular formula is C20H23F3N2O3S. The highest BCUT2D eigenvalue weighted by Crippen LogP contribution is 2.30. The minimum atomic E-state index is -4.66. The van der Waals surface area contributed by atoms with Crippen LogP contribution >= 0.6 is 0 Å². The minimum Gasteiger partial charge on any atom is -0.354 e. The normalized spacial score (nSPS) is 13.3. The summed E-state index contributed by atoms with van der Waals surface area (Å²) in [5.41, 5.74) is -0.0280. The Bertz CT molecular complexity index is 929. The number of hydrogen-bond acceptors (Lipinski definition) is 3. The standard InChI is InChI=1S/C20H23F3N2O3S/c1-14(2)18(15-7-4-3-5-8-15)12-24-19(26)13-25-29(27,28)17-10-6-9-16(11-17)20(21,22)23/h3-11,14,18,25H,12-13H2,1-2H3,(H,24,26). The summed E-state index contributed by atoms with van der Waals surface area (Å²) in [7, 11) is -4.26. The molecule has 0 fully saturated rings. The topological polar surface area (TPSA) is 75.3 Å². The summed E-state index contributed by atoms with van der Waals surface area (Å²) in [5, 5.41) is 2.68. The summed E-state index contributed by atoms with van der Waals surface area (Å²) < 4.78 is 64.8. The molecule has 0 heterocycles. The molecule has 1 amide bonds. The maximum absolute atomic E-state index is 12.8. The van der Waals surface area contributed by atoms with Gasteiger partial charge in [-0.3, -0.25) is 4.79 Å². The van der Waals surface area contributed by atoms with Crippen LogP contribution in [0.3, 0.4) is 0 Å². The number of alkyl halides is 3. The van der Waals surface area contributed by atoms with Crippen LogP contribution in [0.15, 0.2) is 59.5 Å². The third-order valence-electron chi connectivity index (χ3n) is 4.45. The second-order valence-corrected chi connectivity index (χ2v) is 8.68. The number of carbonyl (C=O) groups excluding carboxylic acids is 1. The highest BCUT2D eigenvalue weighted by atomic mass is 32.2. The van der Waals surface area contributed by atoms with Crippen molar-refractivity contribution in [3.63, 3.8) is 0 Å². The molecule has 0 aliphatic rings. The van der Waals surface area contributed by atoms with Gasteiger partial charge in [-0.15, -0.1) is 0 Å². The average molecular weight is 428 g/mol. The zero-order valence-electron chi connectivity index (χ0n) is 16.0. The van der Waals surface area contributed by atoms with Gasteiger partial charge in [0.25, 0.3) is 0 Å². The fraction of sp³-hybridized carbons (Fsp3) is 0.350. The maximum atomic E-state index is 12.8.